The summed E-state index contributed by atoms with van der Waals surface area (Å²) in [5, 5.41) is 3.52. The Labute approximate surface area is 119 Å². The lowest BCUT2D eigenvalue weighted by Gasteiger charge is -2.20. The number of rotatable bonds is 8. The van der Waals surface area contributed by atoms with E-state index in [2.05, 4.69) is 53.3 Å². The van der Waals surface area contributed by atoms with Crippen LogP contribution in [0.2, 0.25) is 0 Å². The highest BCUT2D eigenvalue weighted by atomic mass is 79.9. The first-order chi connectivity index (χ1) is 8.65. The summed E-state index contributed by atoms with van der Waals surface area (Å²) in [4.78, 5) is 0. The van der Waals surface area contributed by atoms with Crippen LogP contribution in [0.5, 0.6) is 0 Å². The third kappa shape index (κ3) is 5.51. The van der Waals surface area contributed by atoms with Crippen molar-refractivity contribution in [1.29, 1.82) is 0 Å². The summed E-state index contributed by atoms with van der Waals surface area (Å²) in [7, 11) is 0. The number of hydrogen-bond donors (Lipinski definition) is 1. The summed E-state index contributed by atoms with van der Waals surface area (Å²) < 4.78 is 6.77. The highest BCUT2D eigenvalue weighted by Gasteiger charge is 2.14. The summed E-state index contributed by atoms with van der Waals surface area (Å²) in [6, 6.07) is 8.40. The van der Waals surface area contributed by atoms with Crippen molar-refractivity contribution < 1.29 is 4.74 Å². The molecule has 0 amide bonds. The van der Waals surface area contributed by atoms with Gasteiger partial charge < -0.3 is 10.1 Å². The Kier molecular flexibility index (Phi) is 7.56. The van der Waals surface area contributed by atoms with Crippen LogP contribution in [0.4, 0.5) is 0 Å². The quantitative estimate of drug-likeness (QED) is 0.788. The average molecular weight is 314 g/mol. The van der Waals surface area contributed by atoms with E-state index in [0.29, 0.717) is 11.8 Å². The Bertz CT molecular complexity index is 341. The van der Waals surface area contributed by atoms with Gasteiger partial charge in [-0.3, -0.25) is 0 Å². The second-order valence-electron chi connectivity index (χ2n) is 4.93. The average Bonchev–Trinajstić information content (AvgIpc) is 2.34. The molecule has 0 bridgehead atoms. The molecule has 0 fully saturated rings. The van der Waals surface area contributed by atoms with Crippen molar-refractivity contribution in [3.8, 4) is 0 Å². The largest absolute Gasteiger partial charge is 0.381 e. The molecule has 0 aliphatic rings. The number of ether oxygens (including phenoxy) is 1. The third-order valence-electron chi connectivity index (χ3n) is 2.81. The van der Waals surface area contributed by atoms with Crippen LogP contribution in [0.1, 0.15) is 32.3 Å². The molecule has 0 saturated carbocycles. The summed E-state index contributed by atoms with van der Waals surface area (Å²) >= 11 is 3.63. The van der Waals surface area contributed by atoms with Gasteiger partial charge >= 0.3 is 0 Å². The van der Waals surface area contributed by atoms with Crippen molar-refractivity contribution in [1.82, 2.24) is 5.32 Å². The zero-order valence-corrected chi connectivity index (χ0v) is 13.2. The van der Waals surface area contributed by atoms with Gasteiger partial charge in [-0.1, -0.05) is 48.0 Å². The van der Waals surface area contributed by atoms with Crippen LogP contribution in [0.25, 0.3) is 0 Å². The molecule has 0 heterocycles. The fraction of sp³-hybridized carbons (Fsp3) is 0.600. The molecule has 1 rings (SSSR count). The summed E-state index contributed by atoms with van der Waals surface area (Å²) in [6.07, 6.45) is 0. The van der Waals surface area contributed by atoms with Crippen LogP contribution >= 0.6 is 15.9 Å². The molecule has 18 heavy (non-hydrogen) atoms. The van der Waals surface area contributed by atoms with Gasteiger partial charge in [-0.05, 0) is 31.0 Å². The molecule has 1 unspecified atom stereocenters. The molecule has 0 aromatic heterocycles. The zero-order chi connectivity index (χ0) is 13.4. The van der Waals surface area contributed by atoms with Gasteiger partial charge in [0.15, 0.2) is 0 Å². The van der Waals surface area contributed by atoms with Gasteiger partial charge in [0.1, 0.15) is 0 Å². The number of benzene rings is 1. The van der Waals surface area contributed by atoms with Crippen molar-refractivity contribution in [3.05, 3.63) is 34.3 Å². The van der Waals surface area contributed by atoms with Crippen LogP contribution in [0, 0.1) is 5.92 Å². The SMILES string of the molecule is CCOCC(CNCC(C)C)c1ccccc1Br. The van der Waals surface area contributed by atoms with E-state index in [4.69, 9.17) is 4.74 Å². The minimum absolute atomic E-state index is 0.402. The fourth-order valence-corrected chi connectivity index (χ4v) is 2.48. The summed E-state index contributed by atoms with van der Waals surface area (Å²) in [5.41, 5.74) is 1.32. The fourth-order valence-electron chi connectivity index (χ4n) is 1.87. The first-order valence-electron chi connectivity index (χ1n) is 6.68. The molecule has 3 heteroatoms. The molecule has 0 radical (unpaired) electrons. The van der Waals surface area contributed by atoms with Gasteiger partial charge in [0.05, 0.1) is 6.61 Å². The number of nitrogens with one attached hydrogen (secondary N) is 1. The second kappa shape index (κ2) is 8.68. The predicted octanol–water partition coefficient (Wildman–Crippen LogP) is 3.81. The van der Waals surface area contributed by atoms with Crippen LogP contribution in [0.3, 0.4) is 0 Å². The standard InChI is InChI=1S/C15H24BrNO/c1-4-18-11-13(10-17-9-12(2)3)14-7-5-6-8-15(14)16/h5-8,12-13,17H,4,9-11H2,1-3H3. The highest BCUT2D eigenvalue weighted by molar-refractivity contribution is 9.10. The Hall–Kier alpha value is -0.380. The molecule has 0 aliphatic heterocycles. The van der Waals surface area contributed by atoms with E-state index in [1.54, 1.807) is 0 Å². The van der Waals surface area contributed by atoms with E-state index in [0.717, 1.165) is 26.3 Å². The molecular weight excluding hydrogens is 290 g/mol. The Balaban J connectivity index is 2.62. The van der Waals surface area contributed by atoms with E-state index < -0.39 is 0 Å². The molecule has 1 aromatic carbocycles. The van der Waals surface area contributed by atoms with Gasteiger partial charge in [0.25, 0.3) is 0 Å². The maximum Gasteiger partial charge on any atom is 0.0547 e. The van der Waals surface area contributed by atoms with E-state index in [-0.39, 0.29) is 0 Å². The van der Waals surface area contributed by atoms with Crippen LogP contribution in [0.15, 0.2) is 28.7 Å². The maximum absolute atomic E-state index is 5.60. The summed E-state index contributed by atoms with van der Waals surface area (Å²) in [5.74, 6) is 1.08. The normalized spacial score (nSPS) is 12.9. The maximum atomic E-state index is 5.60. The predicted molar refractivity (Wildman–Crippen MR) is 81.1 cm³/mol. The van der Waals surface area contributed by atoms with Crippen molar-refractivity contribution in [2.24, 2.45) is 5.92 Å². The lowest BCUT2D eigenvalue weighted by Crippen LogP contribution is -2.28. The van der Waals surface area contributed by atoms with Crippen molar-refractivity contribution in [2.75, 3.05) is 26.3 Å². The van der Waals surface area contributed by atoms with Crippen molar-refractivity contribution >= 4 is 15.9 Å². The van der Waals surface area contributed by atoms with E-state index >= 15 is 0 Å². The van der Waals surface area contributed by atoms with Crippen molar-refractivity contribution in [2.45, 2.75) is 26.7 Å². The van der Waals surface area contributed by atoms with Gasteiger partial charge in [0, 0.05) is 23.5 Å². The Morgan fingerprint density at radius 1 is 1.22 bits per heavy atom. The second-order valence-corrected chi connectivity index (χ2v) is 5.78. The van der Waals surface area contributed by atoms with Gasteiger partial charge in [-0.25, -0.2) is 0 Å². The topological polar surface area (TPSA) is 21.3 Å². The molecule has 1 aromatic rings. The molecule has 0 spiro atoms. The molecule has 0 saturated heterocycles. The smallest absolute Gasteiger partial charge is 0.0547 e. The van der Waals surface area contributed by atoms with Gasteiger partial charge in [-0.15, -0.1) is 0 Å². The molecule has 1 atom stereocenters. The Morgan fingerprint density at radius 3 is 2.56 bits per heavy atom. The minimum atomic E-state index is 0.402. The monoisotopic (exact) mass is 313 g/mol. The van der Waals surface area contributed by atoms with Crippen molar-refractivity contribution in [3.63, 3.8) is 0 Å². The third-order valence-corrected chi connectivity index (χ3v) is 3.53. The number of hydrogen-bond acceptors (Lipinski definition) is 2. The van der Waals surface area contributed by atoms with Crippen LogP contribution < -0.4 is 5.32 Å². The highest BCUT2D eigenvalue weighted by Crippen LogP contribution is 2.24. The molecule has 102 valence electrons. The Morgan fingerprint density at radius 2 is 1.94 bits per heavy atom. The van der Waals surface area contributed by atoms with E-state index in [1.807, 2.05) is 13.0 Å². The van der Waals surface area contributed by atoms with Crippen LogP contribution in [-0.2, 0) is 4.74 Å². The molecule has 1 N–H and O–H groups in total. The van der Waals surface area contributed by atoms with Crippen LogP contribution in [-0.4, -0.2) is 26.3 Å². The van der Waals surface area contributed by atoms with Gasteiger partial charge in [-0.2, -0.15) is 0 Å². The minimum Gasteiger partial charge on any atom is -0.381 e. The zero-order valence-electron chi connectivity index (χ0n) is 11.6. The molecule has 2 nitrogen and oxygen atoms in total. The van der Waals surface area contributed by atoms with E-state index in [1.165, 1.54) is 10.0 Å². The number of halogens is 1. The lowest BCUT2D eigenvalue weighted by atomic mass is 10.00. The first-order valence-corrected chi connectivity index (χ1v) is 7.47. The van der Waals surface area contributed by atoms with Gasteiger partial charge in [0.2, 0.25) is 0 Å². The summed E-state index contributed by atoms with van der Waals surface area (Å²) in [6.45, 7) is 10.0. The first kappa shape index (κ1) is 15.7. The van der Waals surface area contributed by atoms with E-state index in [9.17, 15) is 0 Å². The molecular formula is C15H24BrNO. The molecule has 0 aliphatic carbocycles. The lowest BCUT2D eigenvalue weighted by molar-refractivity contribution is 0.131.